The van der Waals surface area contributed by atoms with Gasteiger partial charge >= 0.3 is 0 Å². The average molecular weight is 496 g/mol. The summed E-state index contributed by atoms with van der Waals surface area (Å²) in [5, 5.41) is 0. The van der Waals surface area contributed by atoms with Crippen molar-refractivity contribution in [3.05, 3.63) is 87.4 Å². The van der Waals surface area contributed by atoms with Gasteiger partial charge in [-0.3, -0.25) is 4.79 Å². The van der Waals surface area contributed by atoms with Crippen molar-refractivity contribution in [3.63, 3.8) is 0 Å². The van der Waals surface area contributed by atoms with E-state index in [0.29, 0.717) is 30.0 Å². The topological polar surface area (TPSA) is 48.0 Å². The lowest BCUT2D eigenvalue weighted by atomic mass is 9.87. The molecule has 4 rings (SSSR count). The molecule has 0 aliphatic carbocycles. The summed E-state index contributed by atoms with van der Waals surface area (Å²) in [5.41, 5.74) is 4.02. The van der Waals surface area contributed by atoms with E-state index >= 15 is 0 Å². The van der Waals surface area contributed by atoms with Crippen LogP contribution in [0.5, 0.6) is 17.2 Å². The molecule has 32 heavy (non-hydrogen) atoms. The molecule has 1 aliphatic heterocycles. The molecular weight excluding hydrogens is 470 g/mol. The predicted octanol–water partition coefficient (Wildman–Crippen LogP) is 5.46. The number of carbonyl (C=O) groups excluding carboxylic acids is 1. The Labute approximate surface area is 197 Å². The number of ether oxygens (including phenoxy) is 3. The fraction of sp³-hybridized carbons (Fsp3) is 0.269. The van der Waals surface area contributed by atoms with Crippen LogP contribution >= 0.6 is 15.9 Å². The van der Waals surface area contributed by atoms with E-state index < -0.39 is 0 Å². The molecule has 6 heteroatoms. The first-order chi connectivity index (χ1) is 15.5. The van der Waals surface area contributed by atoms with E-state index in [4.69, 9.17) is 14.2 Å². The van der Waals surface area contributed by atoms with E-state index in [1.165, 1.54) is 5.56 Å². The van der Waals surface area contributed by atoms with Crippen LogP contribution in [0, 0.1) is 0 Å². The lowest BCUT2D eigenvalue weighted by Gasteiger charge is -2.38. The molecule has 0 spiro atoms. The summed E-state index contributed by atoms with van der Waals surface area (Å²) in [6, 6.07) is 19.5. The molecule has 1 aliphatic rings. The summed E-state index contributed by atoms with van der Waals surface area (Å²) in [6.45, 7) is 0.627. The quantitative estimate of drug-likeness (QED) is 0.455. The van der Waals surface area contributed by atoms with Crippen molar-refractivity contribution >= 4 is 21.8 Å². The second kappa shape index (κ2) is 9.65. The van der Waals surface area contributed by atoms with E-state index in [0.717, 1.165) is 27.8 Å². The fourth-order valence-corrected chi connectivity index (χ4v) is 4.70. The first kappa shape index (κ1) is 22.2. The third-order valence-electron chi connectivity index (χ3n) is 5.90. The van der Waals surface area contributed by atoms with Gasteiger partial charge in [0.15, 0.2) is 11.5 Å². The van der Waals surface area contributed by atoms with Gasteiger partial charge in [-0.2, -0.15) is 0 Å². The minimum absolute atomic E-state index is 0.0135. The summed E-state index contributed by atoms with van der Waals surface area (Å²) in [7, 11) is 4.94. The number of halogens is 1. The Bertz CT molecular complexity index is 1130. The number of hydrogen-bond acceptors (Lipinski definition) is 4. The van der Waals surface area contributed by atoms with Crippen LogP contribution in [0.25, 0.3) is 0 Å². The van der Waals surface area contributed by atoms with Gasteiger partial charge in [-0.1, -0.05) is 34.1 Å². The standard InChI is InChI=1S/C26H26BrNO4/c1-30-21-9-4-6-17(12-21)13-23-22-16-25(32-3)24(31-2)15-18(22)10-11-28(23)26(29)19-7-5-8-20(27)14-19/h4-9,12,14-16,23H,10-11,13H2,1-3H3. The fourth-order valence-electron chi connectivity index (χ4n) is 4.30. The second-order valence-corrected chi connectivity index (χ2v) is 8.65. The number of fused-ring (bicyclic) bond motifs is 1. The molecule has 1 heterocycles. The maximum absolute atomic E-state index is 13.6. The Morgan fingerprint density at radius 2 is 1.72 bits per heavy atom. The number of amides is 1. The smallest absolute Gasteiger partial charge is 0.254 e. The Morgan fingerprint density at radius 1 is 0.969 bits per heavy atom. The highest BCUT2D eigenvalue weighted by Crippen LogP contribution is 2.40. The summed E-state index contributed by atoms with van der Waals surface area (Å²) in [4.78, 5) is 15.6. The number of nitrogens with zero attached hydrogens (tertiary/aromatic N) is 1. The second-order valence-electron chi connectivity index (χ2n) is 7.74. The van der Waals surface area contributed by atoms with Gasteiger partial charge in [-0.15, -0.1) is 0 Å². The first-order valence-electron chi connectivity index (χ1n) is 10.5. The van der Waals surface area contributed by atoms with Crippen LogP contribution in [0.3, 0.4) is 0 Å². The van der Waals surface area contributed by atoms with Crippen LogP contribution in [0.2, 0.25) is 0 Å². The zero-order chi connectivity index (χ0) is 22.7. The molecule has 3 aromatic carbocycles. The van der Waals surface area contributed by atoms with E-state index in [1.807, 2.05) is 59.5 Å². The molecule has 0 radical (unpaired) electrons. The number of carbonyl (C=O) groups is 1. The van der Waals surface area contributed by atoms with Gasteiger partial charge in [0.2, 0.25) is 0 Å². The number of hydrogen-bond donors (Lipinski definition) is 0. The molecule has 0 aromatic heterocycles. The zero-order valence-electron chi connectivity index (χ0n) is 18.4. The molecule has 0 N–H and O–H groups in total. The van der Waals surface area contributed by atoms with Gasteiger partial charge < -0.3 is 19.1 Å². The highest BCUT2D eigenvalue weighted by molar-refractivity contribution is 9.10. The van der Waals surface area contributed by atoms with Crippen molar-refractivity contribution in [2.24, 2.45) is 0 Å². The molecule has 1 atom stereocenters. The lowest BCUT2D eigenvalue weighted by Crippen LogP contribution is -2.41. The Kier molecular flexibility index (Phi) is 6.70. The highest BCUT2D eigenvalue weighted by atomic mass is 79.9. The highest BCUT2D eigenvalue weighted by Gasteiger charge is 2.33. The summed E-state index contributed by atoms with van der Waals surface area (Å²) < 4.78 is 17.4. The minimum atomic E-state index is -0.142. The maximum Gasteiger partial charge on any atom is 0.254 e. The van der Waals surface area contributed by atoms with Crippen molar-refractivity contribution in [2.75, 3.05) is 27.9 Å². The van der Waals surface area contributed by atoms with Crippen molar-refractivity contribution in [1.29, 1.82) is 0 Å². The SMILES string of the molecule is COc1cccc(CC2c3cc(OC)c(OC)cc3CCN2C(=O)c2cccc(Br)c2)c1. The van der Waals surface area contributed by atoms with E-state index in [1.54, 1.807) is 21.3 Å². The number of benzene rings is 3. The van der Waals surface area contributed by atoms with Crippen LogP contribution < -0.4 is 14.2 Å². The minimum Gasteiger partial charge on any atom is -0.497 e. The zero-order valence-corrected chi connectivity index (χ0v) is 20.0. The van der Waals surface area contributed by atoms with Crippen molar-refractivity contribution in [2.45, 2.75) is 18.9 Å². The normalized spacial score (nSPS) is 15.1. The van der Waals surface area contributed by atoms with E-state index in [2.05, 4.69) is 22.0 Å². The van der Waals surface area contributed by atoms with Gasteiger partial charge in [0.05, 0.1) is 27.4 Å². The third-order valence-corrected chi connectivity index (χ3v) is 6.39. The Morgan fingerprint density at radius 3 is 2.44 bits per heavy atom. The molecule has 1 unspecified atom stereocenters. The largest absolute Gasteiger partial charge is 0.497 e. The van der Waals surface area contributed by atoms with Crippen molar-refractivity contribution in [3.8, 4) is 17.2 Å². The molecule has 0 saturated heterocycles. The summed E-state index contributed by atoms with van der Waals surface area (Å²) in [6.07, 6.45) is 1.42. The Hall–Kier alpha value is -2.99. The van der Waals surface area contributed by atoms with E-state index in [-0.39, 0.29) is 11.9 Å². The van der Waals surface area contributed by atoms with Gasteiger partial charge in [0, 0.05) is 16.6 Å². The average Bonchev–Trinajstić information content (AvgIpc) is 2.83. The van der Waals surface area contributed by atoms with Crippen LogP contribution in [-0.4, -0.2) is 38.7 Å². The third kappa shape index (κ3) is 4.46. The monoisotopic (exact) mass is 495 g/mol. The number of methoxy groups -OCH3 is 3. The molecule has 0 fully saturated rings. The van der Waals surface area contributed by atoms with Gasteiger partial charge in [-0.25, -0.2) is 0 Å². The van der Waals surface area contributed by atoms with Gasteiger partial charge in [0.1, 0.15) is 5.75 Å². The molecular formula is C26H26BrNO4. The van der Waals surface area contributed by atoms with Crippen LogP contribution in [0.4, 0.5) is 0 Å². The first-order valence-corrected chi connectivity index (χ1v) is 11.3. The van der Waals surface area contributed by atoms with Crippen molar-refractivity contribution in [1.82, 2.24) is 4.90 Å². The molecule has 0 bridgehead atoms. The molecule has 0 saturated carbocycles. The van der Waals surface area contributed by atoms with Crippen LogP contribution in [0.1, 0.15) is 33.1 Å². The van der Waals surface area contributed by atoms with Gasteiger partial charge in [0.25, 0.3) is 5.91 Å². The van der Waals surface area contributed by atoms with Crippen LogP contribution in [-0.2, 0) is 12.8 Å². The predicted molar refractivity (Wildman–Crippen MR) is 128 cm³/mol. The molecule has 166 valence electrons. The summed E-state index contributed by atoms with van der Waals surface area (Å²) in [5.74, 6) is 2.19. The molecule has 3 aromatic rings. The Balaban J connectivity index is 1.78. The summed E-state index contributed by atoms with van der Waals surface area (Å²) >= 11 is 3.48. The molecule has 1 amide bonds. The van der Waals surface area contributed by atoms with Crippen molar-refractivity contribution < 1.29 is 19.0 Å². The van der Waals surface area contributed by atoms with E-state index in [9.17, 15) is 4.79 Å². The molecule has 5 nitrogen and oxygen atoms in total. The maximum atomic E-state index is 13.6. The number of rotatable bonds is 6. The van der Waals surface area contributed by atoms with Gasteiger partial charge in [-0.05, 0) is 72.0 Å². The lowest BCUT2D eigenvalue weighted by molar-refractivity contribution is 0.0659. The van der Waals surface area contributed by atoms with Crippen LogP contribution in [0.15, 0.2) is 65.1 Å².